The predicted molar refractivity (Wildman–Crippen MR) is 63.5 cm³/mol. The molecule has 0 fully saturated rings. The van der Waals surface area contributed by atoms with Gasteiger partial charge in [0.15, 0.2) is 0 Å². The third-order valence-corrected chi connectivity index (χ3v) is 2.51. The lowest BCUT2D eigenvalue weighted by Gasteiger charge is -2.17. The fourth-order valence-electron chi connectivity index (χ4n) is 1.47. The SMILES string of the molecule is Cc1cccc(C(=O)N(C)CCCN)c1O. The molecule has 0 radical (unpaired) electrons. The molecule has 0 bridgehead atoms. The predicted octanol–water partition coefficient (Wildman–Crippen LogP) is 1.12. The van der Waals surface area contributed by atoms with Crippen LogP contribution < -0.4 is 5.73 Å². The zero-order valence-electron chi connectivity index (χ0n) is 9.73. The van der Waals surface area contributed by atoms with E-state index < -0.39 is 0 Å². The molecule has 1 amide bonds. The highest BCUT2D eigenvalue weighted by Crippen LogP contribution is 2.22. The zero-order valence-corrected chi connectivity index (χ0v) is 9.73. The molecule has 0 saturated carbocycles. The van der Waals surface area contributed by atoms with Crippen molar-refractivity contribution in [1.29, 1.82) is 0 Å². The Morgan fingerprint density at radius 3 is 2.81 bits per heavy atom. The average Bonchev–Trinajstić information content (AvgIpc) is 2.28. The quantitative estimate of drug-likeness (QED) is 0.802. The molecular formula is C12H18N2O2. The van der Waals surface area contributed by atoms with E-state index in [9.17, 15) is 9.90 Å². The lowest BCUT2D eigenvalue weighted by molar-refractivity contribution is 0.0791. The second kappa shape index (κ2) is 5.51. The summed E-state index contributed by atoms with van der Waals surface area (Å²) in [7, 11) is 1.71. The minimum Gasteiger partial charge on any atom is -0.507 e. The molecule has 1 aromatic carbocycles. The van der Waals surface area contributed by atoms with Crippen molar-refractivity contribution in [3.8, 4) is 5.75 Å². The van der Waals surface area contributed by atoms with Crippen LogP contribution >= 0.6 is 0 Å². The van der Waals surface area contributed by atoms with Crippen LogP contribution in [0.2, 0.25) is 0 Å². The van der Waals surface area contributed by atoms with E-state index in [2.05, 4.69) is 0 Å². The number of hydrogen-bond acceptors (Lipinski definition) is 3. The van der Waals surface area contributed by atoms with Gasteiger partial charge in [-0.25, -0.2) is 0 Å². The average molecular weight is 222 g/mol. The molecule has 0 saturated heterocycles. The van der Waals surface area contributed by atoms with E-state index in [4.69, 9.17) is 5.73 Å². The van der Waals surface area contributed by atoms with Gasteiger partial charge in [0.2, 0.25) is 0 Å². The van der Waals surface area contributed by atoms with Crippen molar-refractivity contribution in [2.24, 2.45) is 5.73 Å². The molecule has 0 atom stereocenters. The molecule has 88 valence electrons. The number of benzene rings is 1. The second-order valence-electron chi connectivity index (χ2n) is 3.84. The largest absolute Gasteiger partial charge is 0.507 e. The number of para-hydroxylation sites is 1. The van der Waals surface area contributed by atoms with Crippen LogP contribution in [0.5, 0.6) is 5.75 Å². The molecule has 0 aromatic heterocycles. The summed E-state index contributed by atoms with van der Waals surface area (Å²) in [4.78, 5) is 13.5. The molecule has 4 heteroatoms. The summed E-state index contributed by atoms with van der Waals surface area (Å²) >= 11 is 0. The molecule has 0 spiro atoms. The number of aryl methyl sites for hydroxylation is 1. The first-order chi connectivity index (χ1) is 7.57. The Labute approximate surface area is 95.7 Å². The highest BCUT2D eigenvalue weighted by atomic mass is 16.3. The summed E-state index contributed by atoms with van der Waals surface area (Å²) in [5.41, 5.74) is 6.44. The van der Waals surface area contributed by atoms with Crippen LogP contribution in [0.1, 0.15) is 22.3 Å². The summed E-state index contributed by atoms with van der Waals surface area (Å²) in [6.45, 7) is 2.92. The van der Waals surface area contributed by atoms with E-state index in [1.165, 1.54) is 0 Å². The number of carbonyl (C=O) groups is 1. The summed E-state index contributed by atoms with van der Waals surface area (Å²) in [6, 6.07) is 5.16. The number of phenolic OH excluding ortho intramolecular Hbond substituents is 1. The summed E-state index contributed by atoms with van der Waals surface area (Å²) < 4.78 is 0. The van der Waals surface area contributed by atoms with E-state index >= 15 is 0 Å². The maximum Gasteiger partial charge on any atom is 0.257 e. The van der Waals surface area contributed by atoms with Gasteiger partial charge in [-0.05, 0) is 31.5 Å². The van der Waals surface area contributed by atoms with Gasteiger partial charge in [0.05, 0.1) is 5.56 Å². The third kappa shape index (κ3) is 2.73. The molecule has 0 unspecified atom stereocenters. The van der Waals surface area contributed by atoms with Crippen LogP contribution in [0.3, 0.4) is 0 Å². The van der Waals surface area contributed by atoms with E-state index in [-0.39, 0.29) is 11.7 Å². The van der Waals surface area contributed by atoms with Crippen LogP contribution in [0.25, 0.3) is 0 Å². The van der Waals surface area contributed by atoms with Gasteiger partial charge < -0.3 is 15.7 Å². The van der Waals surface area contributed by atoms with Crippen LogP contribution in [0, 0.1) is 6.92 Å². The molecule has 16 heavy (non-hydrogen) atoms. The van der Waals surface area contributed by atoms with Crippen LogP contribution in [-0.2, 0) is 0 Å². The van der Waals surface area contributed by atoms with Gasteiger partial charge in [0, 0.05) is 13.6 Å². The Morgan fingerprint density at radius 2 is 2.19 bits per heavy atom. The van der Waals surface area contributed by atoms with Crippen LogP contribution in [0.15, 0.2) is 18.2 Å². The first-order valence-electron chi connectivity index (χ1n) is 5.32. The maximum absolute atomic E-state index is 11.9. The minimum absolute atomic E-state index is 0.0621. The van der Waals surface area contributed by atoms with Crippen LogP contribution in [-0.4, -0.2) is 36.1 Å². The van der Waals surface area contributed by atoms with Crippen molar-refractivity contribution < 1.29 is 9.90 Å². The molecule has 3 N–H and O–H groups in total. The first kappa shape index (κ1) is 12.5. The number of rotatable bonds is 4. The van der Waals surface area contributed by atoms with Gasteiger partial charge >= 0.3 is 0 Å². The van der Waals surface area contributed by atoms with Crippen LogP contribution in [0.4, 0.5) is 0 Å². The van der Waals surface area contributed by atoms with Gasteiger partial charge in [-0.2, -0.15) is 0 Å². The number of hydrogen-bond donors (Lipinski definition) is 2. The molecule has 0 aliphatic rings. The van der Waals surface area contributed by atoms with Crippen molar-refractivity contribution in [3.05, 3.63) is 29.3 Å². The smallest absolute Gasteiger partial charge is 0.257 e. The molecule has 4 nitrogen and oxygen atoms in total. The standard InChI is InChI=1S/C12H18N2O2/c1-9-5-3-6-10(11(9)15)12(16)14(2)8-4-7-13/h3,5-6,15H,4,7-8,13H2,1-2H3. The van der Waals surface area contributed by atoms with Gasteiger partial charge in [-0.1, -0.05) is 12.1 Å². The van der Waals surface area contributed by atoms with Gasteiger partial charge in [-0.3, -0.25) is 4.79 Å². The zero-order chi connectivity index (χ0) is 12.1. The van der Waals surface area contributed by atoms with Gasteiger partial charge in [0.25, 0.3) is 5.91 Å². The van der Waals surface area contributed by atoms with E-state index in [0.29, 0.717) is 24.2 Å². The number of carbonyl (C=O) groups excluding carboxylic acids is 1. The number of nitrogens with two attached hydrogens (primary N) is 1. The molecule has 0 aliphatic heterocycles. The minimum atomic E-state index is -0.172. The molecule has 0 heterocycles. The first-order valence-corrected chi connectivity index (χ1v) is 5.32. The van der Waals surface area contributed by atoms with E-state index in [1.807, 2.05) is 0 Å². The summed E-state index contributed by atoms with van der Waals surface area (Å²) in [6.07, 6.45) is 0.759. The summed E-state index contributed by atoms with van der Waals surface area (Å²) in [5, 5.41) is 9.77. The lowest BCUT2D eigenvalue weighted by atomic mass is 10.1. The molecule has 1 rings (SSSR count). The van der Waals surface area contributed by atoms with E-state index in [1.54, 1.807) is 37.1 Å². The molecule has 0 aliphatic carbocycles. The van der Waals surface area contributed by atoms with Crippen molar-refractivity contribution >= 4 is 5.91 Å². The van der Waals surface area contributed by atoms with Crippen molar-refractivity contribution in [3.63, 3.8) is 0 Å². The van der Waals surface area contributed by atoms with E-state index in [0.717, 1.165) is 6.42 Å². The molecule has 1 aromatic rings. The Kier molecular flexibility index (Phi) is 4.31. The maximum atomic E-state index is 11.9. The normalized spacial score (nSPS) is 10.2. The highest BCUT2D eigenvalue weighted by Gasteiger charge is 2.15. The fourth-order valence-corrected chi connectivity index (χ4v) is 1.47. The number of amides is 1. The number of phenols is 1. The Morgan fingerprint density at radius 1 is 1.50 bits per heavy atom. The number of aromatic hydroxyl groups is 1. The second-order valence-corrected chi connectivity index (χ2v) is 3.84. The lowest BCUT2D eigenvalue weighted by Crippen LogP contribution is -2.29. The Bertz CT molecular complexity index is 377. The van der Waals surface area contributed by atoms with Crippen molar-refractivity contribution in [2.45, 2.75) is 13.3 Å². The van der Waals surface area contributed by atoms with Crippen molar-refractivity contribution in [2.75, 3.05) is 20.1 Å². The third-order valence-electron chi connectivity index (χ3n) is 2.51. The Balaban J connectivity index is 2.84. The Hall–Kier alpha value is -1.55. The van der Waals surface area contributed by atoms with Crippen molar-refractivity contribution in [1.82, 2.24) is 4.90 Å². The number of nitrogens with zero attached hydrogens (tertiary/aromatic N) is 1. The van der Waals surface area contributed by atoms with Gasteiger partial charge in [-0.15, -0.1) is 0 Å². The summed E-state index contributed by atoms with van der Waals surface area (Å²) in [5.74, 6) is -0.109. The highest BCUT2D eigenvalue weighted by molar-refractivity contribution is 5.97. The monoisotopic (exact) mass is 222 g/mol. The fraction of sp³-hybridized carbons (Fsp3) is 0.417. The topological polar surface area (TPSA) is 66.6 Å². The molecular weight excluding hydrogens is 204 g/mol. The van der Waals surface area contributed by atoms with Gasteiger partial charge in [0.1, 0.15) is 5.75 Å².